The van der Waals surface area contributed by atoms with E-state index in [4.69, 9.17) is 17.3 Å². The standard InChI is InChI=1S/C17H18ClFN2/c1-11-2-3-13(8-15(11)18)17(10-20)21-7-6-12-4-5-14(19)9-16(12)21/h2-5,8-9,17H,6-7,10,20H2,1H3. The summed E-state index contributed by atoms with van der Waals surface area (Å²) in [6, 6.07) is 11.0. The lowest BCUT2D eigenvalue weighted by Gasteiger charge is -2.30. The first-order valence-corrected chi connectivity index (χ1v) is 7.49. The molecular formula is C17H18ClFN2. The molecule has 0 saturated heterocycles. The third kappa shape index (κ3) is 2.63. The summed E-state index contributed by atoms with van der Waals surface area (Å²) in [5.74, 6) is -0.210. The molecule has 1 aliphatic heterocycles. The Morgan fingerprint density at radius 1 is 1.29 bits per heavy atom. The van der Waals surface area contributed by atoms with Gasteiger partial charge in [0.2, 0.25) is 0 Å². The van der Waals surface area contributed by atoms with E-state index in [-0.39, 0.29) is 11.9 Å². The number of nitrogens with zero attached hydrogens (tertiary/aromatic N) is 1. The molecule has 0 amide bonds. The van der Waals surface area contributed by atoms with Crippen LogP contribution in [0.3, 0.4) is 0 Å². The minimum absolute atomic E-state index is 0.0196. The second-order valence-electron chi connectivity index (χ2n) is 5.48. The van der Waals surface area contributed by atoms with Crippen molar-refractivity contribution >= 4 is 17.3 Å². The molecule has 3 rings (SSSR count). The molecule has 2 aromatic rings. The number of nitrogens with two attached hydrogens (primary N) is 1. The highest BCUT2D eigenvalue weighted by atomic mass is 35.5. The zero-order valence-electron chi connectivity index (χ0n) is 11.9. The van der Waals surface area contributed by atoms with E-state index in [0.29, 0.717) is 6.54 Å². The normalized spacial score (nSPS) is 15.1. The Balaban J connectivity index is 1.98. The minimum Gasteiger partial charge on any atom is -0.363 e. The van der Waals surface area contributed by atoms with Crippen LogP contribution in [-0.4, -0.2) is 13.1 Å². The number of aryl methyl sites for hydroxylation is 1. The third-order valence-electron chi connectivity index (χ3n) is 4.16. The first kappa shape index (κ1) is 14.4. The molecule has 0 spiro atoms. The van der Waals surface area contributed by atoms with Crippen molar-refractivity contribution in [2.45, 2.75) is 19.4 Å². The molecule has 1 unspecified atom stereocenters. The number of anilines is 1. The van der Waals surface area contributed by atoms with Crippen LogP contribution in [0.2, 0.25) is 5.02 Å². The number of halogens is 2. The summed E-state index contributed by atoms with van der Waals surface area (Å²) in [6.07, 6.45) is 0.922. The average molecular weight is 305 g/mol. The average Bonchev–Trinajstić information content (AvgIpc) is 2.87. The van der Waals surface area contributed by atoms with Gasteiger partial charge in [-0.15, -0.1) is 0 Å². The van der Waals surface area contributed by atoms with Gasteiger partial charge in [0.25, 0.3) is 0 Å². The lowest BCUT2D eigenvalue weighted by molar-refractivity contribution is 0.621. The van der Waals surface area contributed by atoms with Gasteiger partial charge in [-0.2, -0.15) is 0 Å². The van der Waals surface area contributed by atoms with Gasteiger partial charge in [0.15, 0.2) is 0 Å². The van der Waals surface area contributed by atoms with Crippen molar-refractivity contribution in [1.29, 1.82) is 0 Å². The number of hydrogen-bond donors (Lipinski definition) is 1. The largest absolute Gasteiger partial charge is 0.363 e. The fourth-order valence-electron chi connectivity index (χ4n) is 2.96. The van der Waals surface area contributed by atoms with Gasteiger partial charge in [-0.05, 0) is 48.2 Å². The Bertz CT molecular complexity index is 672. The quantitative estimate of drug-likeness (QED) is 0.933. The van der Waals surface area contributed by atoms with Crippen LogP contribution in [0.5, 0.6) is 0 Å². The Morgan fingerprint density at radius 2 is 2.10 bits per heavy atom. The van der Waals surface area contributed by atoms with Gasteiger partial charge >= 0.3 is 0 Å². The van der Waals surface area contributed by atoms with E-state index in [2.05, 4.69) is 11.0 Å². The maximum Gasteiger partial charge on any atom is 0.125 e. The number of benzene rings is 2. The fraction of sp³-hybridized carbons (Fsp3) is 0.294. The first-order chi connectivity index (χ1) is 10.1. The zero-order valence-corrected chi connectivity index (χ0v) is 12.7. The van der Waals surface area contributed by atoms with Crippen molar-refractivity contribution in [3.63, 3.8) is 0 Å². The van der Waals surface area contributed by atoms with Crippen LogP contribution in [-0.2, 0) is 6.42 Å². The van der Waals surface area contributed by atoms with Gasteiger partial charge in [0.05, 0.1) is 6.04 Å². The number of fused-ring (bicyclic) bond motifs is 1. The van der Waals surface area contributed by atoms with Gasteiger partial charge < -0.3 is 10.6 Å². The summed E-state index contributed by atoms with van der Waals surface area (Å²) in [6.45, 7) is 3.30. The molecule has 4 heteroatoms. The number of hydrogen-bond acceptors (Lipinski definition) is 2. The van der Waals surface area contributed by atoms with Gasteiger partial charge in [0.1, 0.15) is 5.82 Å². The topological polar surface area (TPSA) is 29.3 Å². The van der Waals surface area contributed by atoms with E-state index in [1.165, 1.54) is 11.6 Å². The van der Waals surface area contributed by atoms with Crippen molar-refractivity contribution in [3.05, 3.63) is 63.9 Å². The van der Waals surface area contributed by atoms with Crippen LogP contribution in [0.1, 0.15) is 22.7 Å². The van der Waals surface area contributed by atoms with Crippen LogP contribution < -0.4 is 10.6 Å². The van der Waals surface area contributed by atoms with Gasteiger partial charge in [-0.25, -0.2) is 4.39 Å². The highest BCUT2D eigenvalue weighted by molar-refractivity contribution is 6.31. The van der Waals surface area contributed by atoms with E-state index in [1.54, 1.807) is 6.07 Å². The molecule has 2 N–H and O–H groups in total. The van der Waals surface area contributed by atoms with E-state index in [9.17, 15) is 4.39 Å². The van der Waals surface area contributed by atoms with Gasteiger partial charge in [0, 0.05) is 23.8 Å². The molecule has 1 heterocycles. The van der Waals surface area contributed by atoms with E-state index < -0.39 is 0 Å². The molecule has 21 heavy (non-hydrogen) atoms. The molecular weight excluding hydrogens is 287 g/mol. The van der Waals surface area contributed by atoms with Crippen LogP contribution in [0, 0.1) is 12.7 Å². The Morgan fingerprint density at radius 3 is 2.81 bits per heavy atom. The Kier molecular flexibility index (Phi) is 3.87. The van der Waals surface area contributed by atoms with Crippen molar-refractivity contribution in [2.24, 2.45) is 5.73 Å². The molecule has 0 aliphatic carbocycles. The summed E-state index contributed by atoms with van der Waals surface area (Å²) in [5.41, 5.74) is 10.2. The smallest absolute Gasteiger partial charge is 0.125 e. The second-order valence-corrected chi connectivity index (χ2v) is 5.88. The van der Waals surface area contributed by atoms with Crippen LogP contribution in [0.4, 0.5) is 10.1 Å². The van der Waals surface area contributed by atoms with Crippen molar-refractivity contribution < 1.29 is 4.39 Å². The highest BCUT2D eigenvalue weighted by Gasteiger charge is 2.27. The molecule has 0 saturated carbocycles. The molecule has 0 bridgehead atoms. The van der Waals surface area contributed by atoms with E-state index in [0.717, 1.165) is 34.8 Å². The maximum absolute atomic E-state index is 13.5. The first-order valence-electron chi connectivity index (χ1n) is 7.11. The van der Waals surface area contributed by atoms with E-state index >= 15 is 0 Å². The maximum atomic E-state index is 13.5. The van der Waals surface area contributed by atoms with E-state index in [1.807, 2.05) is 25.1 Å². The molecule has 0 aromatic heterocycles. The zero-order chi connectivity index (χ0) is 15.0. The predicted octanol–water partition coefficient (Wildman–Crippen LogP) is 3.85. The summed E-state index contributed by atoms with van der Waals surface area (Å²) in [7, 11) is 0. The third-order valence-corrected chi connectivity index (χ3v) is 4.57. The predicted molar refractivity (Wildman–Crippen MR) is 85.4 cm³/mol. The SMILES string of the molecule is Cc1ccc(C(CN)N2CCc3ccc(F)cc32)cc1Cl. The summed E-state index contributed by atoms with van der Waals surface area (Å²) in [4.78, 5) is 2.18. The molecule has 2 aromatic carbocycles. The molecule has 2 nitrogen and oxygen atoms in total. The summed E-state index contributed by atoms with van der Waals surface area (Å²) in [5, 5.41) is 0.740. The van der Waals surface area contributed by atoms with Crippen LogP contribution >= 0.6 is 11.6 Å². The molecule has 1 aliphatic rings. The molecule has 0 fully saturated rings. The number of rotatable bonds is 3. The monoisotopic (exact) mass is 304 g/mol. The molecule has 1 atom stereocenters. The van der Waals surface area contributed by atoms with Crippen molar-refractivity contribution in [3.8, 4) is 0 Å². The molecule has 110 valence electrons. The fourth-order valence-corrected chi connectivity index (χ4v) is 3.15. The Hall–Kier alpha value is -1.58. The van der Waals surface area contributed by atoms with Crippen molar-refractivity contribution in [2.75, 3.05) is 18.0 Å². The lowest BCUT2D eigenvalue weighted by atomic mass is 10.0. The summed E-state index contributed by atoms with van der Waals surface area (Å²) < 4.78 is 13.5. The van der Waals surface area contributed by atoms with Crippen LogP contribution in [0.25, 0.3) is 0 Å². The minimum atomic E-state index is -0.210. The summed E-state index contributed by atoms with van der Waals surface area (Å²) >= 11 is 6.23. The van der Waals surface area contributed by atoms with Crippen LogP contribution in [0.15, 0.2) is 36.4 Å². The molecule has 0 radical (unpaired) electrons. The van der Waals surface area contributed by atoms with Crippen molar-refractivity contribution in [1.82, 2.24) is 0 Å². The highest BCUT2D eigenvalue weighted by Crippen LogP contribution is 2.36. The Labute approximate surface area is 129 Å². The van der Waals surface area contributed by atoms with Gasteiger partial charge in [-0.1, -0.05) is 29.8 Å². The van der Waals surface area contributed by atoms with Gasteiger partial charge in [-0.3, -0.25) is 0 Å². The second kappa shape index (κ2) is 5.66. The lowest BCUT2D eigenvalue weighted by Crippen LogP contribution is -2.32.